The molecule has 5 N–H and O–H groups in total. The van der Waals surface area contributed by atoms with Crippen LogP contribution in [0.5, 0.6) is 0 Å². The average molecular weight is 194 g/mol. The van der Waals surface area contributed by atoms with Gasteiger partial charge in [-0.05, 0) is 31.5 Å². The summed E-state index contributed by atoms with van der Waals surface area (Å²) in [5.74, 6) is 0. The molecule has 0 spiro atoms. The Morgan fingerprint density at radius 3 is 2.31 bits per heavy atom. The van der Waals surface area contributed by atoms with Gasteiger partial charge >= 0.3 is 0 Å². The predicted octanol–water partition coefficient (Wildman–Crippen LogP) is 0.397. The smallest absolute Gasteiger partial charge is 0.0342 e. The molecular formula is C9H17NNaO2. The van der Waals surface area contributed by atoms with Crippen molar-refractivity contribution in [2.75, 3.05) is 11.9 Å². The fourth-order valence-corrected chi connectivity index (χ4v) is 0.959. The van der Waals surface area contributed by atoms with Crippen molar-refractivity contribution in [2.24, 2.45) is 0 Å². The minimum absolute atomic E-state index is 0. The van der Waals surface area contributed by atoms with Crippen LogP contribution in [0.2, 0.25) is 0 Å². The number of hydrogen-bond donors (Lipinski definition) is 1. The van der Waals surface area contributed by atoms with E-state index in [0.29, 0.717) is 0 Å². The molecule has 1 aromatic carbocycles. The summed E-state index contributed by atoms with van der Waals surface area (Å²) >= 11 is 0. The summed E-state index contributed by atoms with van der Waals surface area (Å²) in [6.07, 6.45) is 0. The van der Waals surface area contributed by atoms with Gasteiger partial charge in [0, 0.05) is 41.8 Å². The summed E-state index contributed by atoms with van der Waals surface area (Å²) in [6, 6.07) is 8.38. The summed E-state index contributed by atoms with van der Waals surface area (Å²) in [6.45, 7) is 5.19. The van der Waals surface area contributed by atoms with Crippen molar-refractivity contribution < 1.29 is 11.0 Å². The van der Waals surface area contributed by atoms with Gasteiger partial charge < -0.3 is 16.3 Å². The van der Waals surface area contributed by atoms with Gasteiger partial charge in [0.1, 0.15) is 0 Å². The molecule has 0 atom stereocenters. The Morgan fingerprint density at radius 1 is 1.23 bits per heavy atom. The first-order chi connectivity index (χ1) is 4.83. The van der Waals surface area contributed by atoms with Crippen molar-refractivity contribution in [3.63, 3.8) is 0 Å². The van der Waals surface area contributed by atoms with E-state index in [2.05, 4.69) is 43.4 Å². The quantitative estimate of drug-likeness (QED) is 0.680. The third-order valence-electron chi connectivity index (χ3n) is 1.40. The zero-order chi connectivity index (χ0) is 7.40. The van der Waals surface area contributed by atoms with E-state index < -0.39 is 0 Å². The number of benzene rings is 1. The molecule has 0 unspecified atom stereocenters. The molecule has 0 aromatic heterocycles. The molecule has 0 fully saturated rings. The SMILES string of the molecule is CCNc1cccc(C)c1.O.O.[Na]. The Bertz CT molecular complexity index is 219. The average Bonchev–Trinajstić information content (AvgIpc) is 1.88. The van der Waals surface area contributed by atoms with E-state index in [-0.39, 0.29) is 40.5 Å². The predicted molar refractivity (Wildman–Crippen MR) is 58.3 cm³/mol. The Kier molecular flexibility index (Phi) is 14.4. The molecule has 0 bridgehead atoms. The standard InChI is InChI=1S/C9H13N.Na.2H2O/c1-3-10-9-6-4-5-8(2)7-9;;;/h4-7,10H,3H2,1-2H3;;2*1H2. The Labute approximate surface area is 101 Å². The molecule has 1 aromatic rings. The summed E-state index contributed by atoms with van der Waals surface area (Å²) in [5, 5.41) is 3.25. The van der Waals surface area contributed by atoms with Gasteiger partial charge in [0.25, 0.3) is 0 Å². The summed E-state index contributed by atoms with van der Waals surface area (Å²) in [4.78, 5) is 0. The van der Waals surface area contributed by atoms with Crippen LogP contribution < -0.4 is 5.32 Å². The van der Waals surface area contributed by atoms with Gasteiger partial charge in [-0.2, -0.15) is 0 Å². The van der Waals surface area contributed by atoms with Crippen LogP contribution in [-0.4, -0.2) is 47.1 Å². The zero-order valence-electron chi connectivity index (χ0n) is 8.52. The van der Waals surface area contributed by atoms with Crippen LogP contribution in [0.15, 0.2) is 24.3 Å². The molecule has 1 rings (SSSR count). The maximum absolute atomic E-state index is 3.25. The fourth-order valence-electron chi connectivity index (χ4n) is 0.959. The fraction of sp³-hybridized carbons (Fsp3) is 0.333. The van der Waals surface area contributed by atoms with E-state index in [1.165, 1.54) is 11.3 Å². The first kappa shape index (κ1) is 18.7. The van der Waals surface area contributed by atoms with Crippen LogP contribution >= 0.6 is 0 Å². The maximum atomic E-state index is 3.25. The van der Waals surface area contributed by atoms with Gasteiger partial charge in [-0.1, -0.05) is 12.1 Å². The van der Waals surface area contributed by atoms with E-state index in [1.807, 2.05) is 0 Å². The van der Waals surface area contributed by atoms with E-state index >= 15 is 0 Å². The third kappa shape index (κ3) is 7.05. The molecular weight excluding hydrogens is 177 g/mol. The van der Waals surface area contributed by atoms with Crippen LogP contribution in [0.3, 0.4) is 0 Å². The van der Waals surface area contributed by atoms with Crippen molar-refractivity contribution in [3.8, 4) is 0 Å². The minimum atomic E-state index is 0. The molecule has 0 aliphatic carbocycles. The third-order valence-corrected chi connectivity index (χ3v) is 1.40. The first-order valence-corrected chi connectivity index (χ1v) is 3.63. The molecule has 0 saturated carbocycles. The van der Waals surface area contributed by atoms with Crippen LogP contribution in [0, 0.1) is 6.92 Å². The van der Waals surface area contributed by atoms with Crippen molar-refractivity contribution in [1.29, 1.82) is 0 Å². The summed E-state index contributed by atoms with van der Waals surface area (Å²) in [7, 11) is 0. The van der Waals surface area contributed by atoms with Gasteiger partial charge in [-0.3, -0.25) is 0 Å². The first-order valence-electron chi connectivity index (χ1n) is 3.63. The number of anilines is 1. The molecule has 0 heterocycles. The second kappa shape index (κ2) is 10.0. The van der Waals surface area contributed by atoms with Crippen molar-refractivity contribution in [1.82, 2.24) is 0 Å². The second-order valence-corrected chi connectivity index (χ2v) is 2.40. The van der Waals surface area contributed by atoms with Crippen LogP contribution in [0.4, 0.5) is 5.69 Å². The number of aryl methyl sites for hydroxylation is 1. The number of rotatable bonds is 2. The Hall–Kier alpha value is -0.0600. The number of nitrogens with one attached hydrogen (secondary N) is 1. The van der Waals surface area contributed by atoms with E-state index in [1.54, 1.807) is 0 Å². The maximum Gasteiger partial charge on any atom is 0.0342 e. The molecule has 71 valence electrons. The zero-order valence-corrected chi connectivity index (χ0v) is 10.5. The number of hydrogen-bond acceptors (Lipinski definition) is 1. The van der Waals surface area contributed by atoms with Crippen LogP contribution in [0.1, 0.15) is 12.5 Å². The van der Waals surface area contributed by atoms with Gasteiger partial charge in [0.2, 0.25) is 0 Å². The summed E-state index contributed by atoms with van der Waals surface area (Å²) in [5.41, 5.74) is 2.51. The molecule has 0 saturated heterocycles. The molecule has 0 aliphatic rings. The van der Waals surface area contributed by atoms with Gasteiger partial charge in [-0.15, -0.1) is 0 Å². The normalized spacial score (nSPS) is 7.23. The van der Waals surface area contributed by atoms with Gasteiger partial charge in [-0.25, -0.2) is 0 Å². The summed E-state index contributed by atoms with van der Waals surface area (Å²) < 4.78 is 0. The van der Waals surface area contributed by atoms with Crippen molar-refractivity contribution in [2.45, 2.75) is 13.8 Å². The molecule has 0 aliphatic heterocycles. The monoisotopic (exact) mass is 194 g/mol. The molecule has 0 amide bonds. The molecule has 3 nitrogen and oxygen atoms in total. The molecule has 1 radical (unpaired) electrons. The largest absolute Gasteiger partial charge is 0.412 e. The molecule has 4 heteroatoms. The molecule has 13 heavy (non-hydrogen) atoms. The van der Waals surface area contributed by atoms with E-state index in [9.17, 15) is 0 Å². The van der Waals surface area contributed by atoms with Gasteiger partial charge in [0.05, 0.1) is 0 Å². The van der Waals surface area contributed by atoms with Crippen LogP contribution in [-0.2, 0) is 0 Å². The van der Waals surface area contributed by atoms with E-state index in [0.717, 1.165) is 6.54 Å². The minimum Gasteiger partial charge on any atom is -0.412 e. The van der Waals surface area contributed by atoms with Crippen LogP contribution in [0.25, 0.3) is 0 Å². The van der Waals surface area contributed by atoms with E-state index in [4.69, 9.17) is 0 Å². The Balaban J connectivity index is -0.000000333. The van der Waals surface area contributed by atoms with Crippen molar-refractivity contribution in [3.05, 3.63) is 29.8 Å². The van der Waals surface area contributed by atoms with Crippen molar-refractivity contribution >= 4 is 35.2 Å². The van der Waals surface area contributed by atoms with Gasteiger partial charge in [0.15, 0.2) is 0 Å². The Morgan fingerprint density at radius 2 is 1.85 bits per heavy atom. The topological polar surface area (TPSA) is 75.0 Å². The second-order valence-electron chi connectivity index (χ2n) is 2.40.